The minimum atomic E-state index is -0.117. The SMILES string of the molecule is CC1CCC(O)C(CC2Cc3ccccc3O2)C1. The fraction of sp³-hybridized carbons (Fsp3) is 0.625. The van der Waals surface area contributed by atoms with Gasteiger partial charge in [-0.3, -0.25) is 0 Å². The molecule has 0 radical (unpaired) electrons. The molecular formula is C16H22O2. The maximum absolute atomic E-state index is 10.1. The van der Waals surface area contributed by atoms with Gasteiger partial charge < -0.3 is 9.84 Å². The summed E-state index contributed by atoms with van der Waals surface area (Å²) in [7, 11) is 0. The topological polar surface area (TPSA) is 29.5 Å². The molecule has 1 aromatic rings. The van der Waals surface area contributed by atoms with Gasteiger partial charge in [0.15, 0.2) is 0 Å². The second-order valence-electron chi connectivity index (χ2n) is 6.03. The molecule has 18 heavy (non-hydrogen) atoms. The van der Waals surface area contributed by atoms with Gasteiger partial charge in [0.2, 0.25) is 0 Å². The predicted molar refractivity (Wildman–Crippen MR) is 71.7 cm³/mol. The normalized spacial score (nSPS) is 35.0. The number of ether oxygens (including phenoxy) is 1. The van der Waals surface area contributed by atoms with E-state index in [1.54, 1.807) is 0 Å². The molecule has 0 spiro atoms. The van der Waals surface area contributed by atoms with Gasteiger partial charge in [-0.1, -0.05) is 25.1 Å². The van der Waals surface area contributed by atoms with E-state index in [2.05, 4.69) is 25.1 Å². The first-order valence-corrected chi connectivity index (χ1v) is 7.15. The molecule has 98 valence electrons. The Labute approximate surface area is 109 Å². The van der Waals surface area contributed by atoms with Crippen LogP contribution in [-0.2, 0) is 6.42 Å². The zero-order valence-corrected chi connectivity index (χ0v) is 11.0. The van der Waals surface area contributed by atoms with Crippen LogP contribution in [0.4, 0.5) is 0 Å². The molecule has 4 unspecified atom stereocenters. The minimum absolute atomic E-state index is 0.117. The first-order chi connectivity index (χ1) is 8.72. The number of fused-ring (bicyclic) bond motifs is 1. The second-order valence-corrected chi connectivity index (χ2v) is 6.03. The summed E-state index contributed by atoms with van der Waals surface area (Å²) < 4.78 is 5.98. The van der Waals surface area contributed by atoms with E-state index in [1.165, 1.54) is 12.0 Å². The molecule has 1 aromatic carbocycles. The van der Waals surface area contributed by atoms with E-state index in [1.807, 2.05) is 6.07 Å². The van der Waals surface area contributed by atoms with Crippen LogP contribution >= 0.6 is 0 Å². The quantitative estimate of drug-likeness (QED) is 0.868. The Morgan fingerprint density at radius 3 is 2.94 bits per heavy atom. The Hall–Kier alpha value is -1.02. The fourth-order valence-electron chi connectivity index (χ4n) is 3.46. The van der Waals surface area contributed by atoms with Crippen molar-refractivity contribution in [2.75, 3.05) is 0 Å². The van der Waals surface area contributed by atoms with E-state index in [9.17, 15) is 5.11 Å². The number of rotatable bonds is 2. The highest BCUT2D eigenvalue weighted by Crippen LogP contribution is 2.36. The van der Waals surface area contributed by atoms with Crippen molar-refractivity contribution in [2.24, 2.45) is 11.8 Å². The van der Waals surface area contributed by atoms with Gasteiger partial charge in [0.25, 0.3) is 0 Å². The third-order valence-corrected chi connectivity index (χ3v) is 4.48. The van der Waals surface area contributed by atoms with E-state index >= 15 is 0 Å². The van der Waals surface area contributed by atoms with Crippen molar-refractivity contribution in [2.45, 2.75) is 51.2 Å². The van der Waals surface area contributed by atoms with Gasteiger partial charge in [0.05, 0.1) is 6.10 Å². The zero-order valence-electron chi connectivity index (χ0n) is 11.0. The highest BCUT2D eigenvalue weighted by molar-refractivity contribution is 5.37. The van der Waals surface area contributed by atoms with Crippen molar-refractivity contribution in [1.29, 1.82) is 0 Å². The van der Waals surface area contributed by atoms with Crippen molar-refractivity contribution in [3.8, 4) is 5.75 Å². The van der Waals surface area contributed by atoms with Gasteiger partial charge in [-0.2, -0.15) is 0 Å². The van der Waals surface area contributed by atoms with Crippen LogP contribution in [0, 0.1) is 11.8 Å². The van der Waals surface area contributed by atoms with Crippen LogP contribution in [0.15, 0.2) is 24.3 Å². The Morgan fingerprint density at radius 2 is 2.11 bits per heavy atom. The van der Waals surface area contributed by atoms with E-state index in [0.29, 0.717) is 5.92 Å². The second kappa shape index (κ2) is 4.93. The van der Waals surface area contributed by atoms with E-state index in [0.717, 1.165) is 37.4 Å². The van der Waals surface area contributed by atoms with Gasteiger partial charge in [0, 0.05) is 6.42 Å². The molecule has 1 heterocycles. The number of aliphatic hydroxyl groups is 1. The third-order valence-electron chi connectivity index (χ3n) is 4.48. The molecule has 1 aliphatic carbocycles. The van der Waals surface area contributed by atoms with Gasteiger partial charge in [-0.15, -0.1) is 0 Å². The largest absolute Gasteiger partial charge is 0.490 e. The lowest BCUT2D eigenvalue weighted by atomic mass is 9.77. The molecule has 0 saturated heterocycles. The van der Waals surface area contributed by atoms with E-state index < -0.39 is 0 Å². The Morgan fingerprint density at radius 1 is 1.28 bits per heavy atom. The minimum Gasteiger partial charge on any atom is -0.490 e. The first kappa shape index (κ1) is 12.0. The average molecular weight is 246 g/mol. The summed E-state index contributed by atoms with van der Waals surface area (Å²) in [4.78, 5) is 0. The molecular weight excluding hydrogens is 224 g/mol. The summed E-state index contributed by atoms with van der Waals surface area (Å²) in [6.45, 7) is 2.29. The lowest BCUT2D eigenvalue weighted by Crippen LogP contribution is -2.32. The first-order valence-electron chi connectivity index (χ1n) is 7.15. The number of hydrogen-bond acceptors (Lipinski definition) is 2. The molecule has 0 amide bonds. The van der Waals surface area contributed by atoms with Gasteiger partial charge in [0.1, 0.15) is 11.9 Å². The molecule has 0 aromatic heterocycles. The van der Waals surface area contributed by atoms with Crippen molar-refractivity contribution in [3.63, 3.8) is 0 Å². The average Bonchev–Trinajstić information content (AvgIpc) is 2.76. The van der Waals surface area contributed by atoms with Crippen LogP contribution in [0.2, 0.25) is 0 Å². The zero-order chi connectivity index (χ0) is 12.5. The van der Waals surface area contributed by atoms with Crippen LogP contribution in [0.25, 0.3) is 0 Å². The van der Waals surface area contributed by atoms with Crippen LogP contribution < -0.4 is 4.74 Å². The summed E-state index contributed by atoms with van der Waals surface area (Å²) in [5.41, 5.74) is 1.32. The Balaban J connectivity index is 1.62. The molecule has 1 fully saturated rings. The molecule has 4 atom stereocenters. The van der Waals surface area contributed by atoms with E-state index in [4.69, 9.17) is 4.74 Å². The number of hydrogen-bond donors (Lipinski definition) is 1. The summed E-state index contributed by atoms with van der Waals surface area (Å²) in [6.07, 6.45) is 5.45. The van der Waals surface area contributed by atoms with Crippen molar-refractivity contribution < 1.29 is 9.84 Å². The number of aliphatic hydroxyl groups excluding tert-OH is 1. The highest BCUT2D eigenvalue weighted by atomic mass is 16.5. The monoisotopic (exact) mass is 246 g/mol. The van der Waals surface area contributed by atoms with Crippen molar-refractivity contribution in [1.82, 2.24) is 0 Å². The lowest BCUT2D eigenvalue weighted by molar-refractivity contribution is 0.0286. The van der Waals surface area contributed by atoms with Crippen LogP contribution in [0.5, 0.6) is 5.75 Å². The maximum Gasteiger partial charge on any atom is 0.123 e. The Bertz CT molecular complexity index is 390. The van der Waals surface area contributed by atoms with Crippen molar-refractivity contribution >= 4 is 0 Å². The molecule has 2 aliphatic rings. The third kappa shape index (κ3) is 2.39. The molecule has 1 aliphatic heterocycles. The predicted octanol–water partition coefficient (Wildman–Crippen LogP) is 3.18. The fourth-order valence-corrected chi connectivity index (χ4v) is 3.46. The molecule has 0 bridgehead atoms. The summed E-state index contributed by atoms with van der Waals surface area (Å²) in [6, 6.07) is 8.30. The van der Waals surface area contributed by atoms with Crippen LogP contribution in [0.3, 0.4) is 0 Å². The van der Waals surface area contributed by atoms with Gasteiger partial charge >= 0.3 is 0 Å². The summed E-state index contributed by atoms with van der Waals surface area (Å²) >= 11 is 0. The smallest absolute Gasteiger partial charge is 0.123 e. The maximum atomic E-state index is 10.1. The highest BCUT2D eigenvalue weighted by Gasteiger charge is 2.32. The molecule has 2 heteroatoms. The van der Waals surface area contributed by atoms with Gasteiger partial charge in [-0.25, -0.2) is 0 Å². The molecule has 2 nitrogen and oxygen atoms in total. The lowest BCUT2D eigenvalue weighted by Gasteiger charge is -2.32. The summed E-state index contributed by atoms with van der Waals surface area (Å²) in [5.74, 6) is 2.22. The molecule has 1 N–H and O–H groups in total. The number of benzene rings is 1. The van der Waals surface area contributed by atoms with Gasteiger partial charge in [-0.05, 0) is 49.1 Å². The van der Waals surface area contributed by atoms with Crippen LogP contribution in [0.1, 0.15) is 38.2 Å². The summed E-state index contributed by atoms with van der Waals surface area (Å²) in [5, 5.41) is 10.1. The molecule has 3 rings (SSSR count). The Kier molecular flexibility index (Phi) is 3.29. The molecule has 1 saturated carbocycles. The van der Waals surface area contributed by atoms with Crippen LogP contribution in [-0.4, -0.2) is 17.3 Å². The standard InChI is InChI=1S/C16H22O2/c1-11-6-7-15(17)13(8-11)10-14-9-12-4-2-3-5-16(12)18-14/h2-5,11,13-15,17H,6-10H2,1H3. The number of para-hydroxylation sites is 1. The van der Waals surface area contributed by atoms with Crippen molar-refractivity contribution in [3.05, 3.63) is 29.8 Å². The van der Waals surface area contributed by atoms with E-state index in [-0.39, 0.29) is 12.2 Å².